The Bertz CT molecular complexity index is 367. The first kappa shape index (κ1) is 20.2. The second-order valence-corrected chi connectivity index (χ2v) is 6.81. The van der Waals surface area contributed by atoms with E-state index in [1.54, 1.807) is 0 Å². The highest BCUT2D eigenvalue weighted by molar-refractivity contribution is 5.85. The summed E-state index contributed by atoms with van der Waals surface area (Å²) < 4.78 is 0. The zero-order valence-corrected chi connectivity index (χ0v) is 15.1. The first-order valence-corrected chi connectivity index (χ1v) is 8.90. The highest BCUT2D eigenvalue weighted by atomic mass is 35.5. The quantitative estimate of drug-likeness (QED) is 0.775. The van der Waals surface area contributed by atoms with Crippen LogP contribution in [0.2, 0.25) is 0 Å². The molecule has 1 saturated heterocycles. The SMILES string of the molecule is CN(C(=O)CNC(=O)CCC1CCNCC1)C1CCCCC1.Cl. The summed E-state index contributed by atoms with van der Waals surface area (Å²) in [7, 11) is 1.87. The molecule has 2 amide bonds. The van der Waals surface area contributed by atoms with Crippen molar-refractivity contribution < 1.29 is 9.59 Å². The average molecular weight is 346 g/mol. The number of halogens is 1. The minimum absolute atomic E-state index is 0. The van der Waals surface area contributed by atoms with E-state index >= 15 is 0 Å². The van der Waals surface area contributed by atoms with Gasteiger partial charge in [0.25, 0.3) is 0 Å². The van der Waals surface area contributed by atoms with E-state index in [1.807, 2.05) is 11.9 Å². The smallest absolute Gasteiger partial charge is 0.241 e. The minimum Gasteiger partial charge on any atom is -0.347 e. The van der Waals surface area contributed by atoms with Crippen molar-refractivity contribution in [2.24, 2.45) is 5.92 Å². The van der Waals surface area contributed by atoms with Crippen LogP contribution in [0.15, 0.2) is 0 Å². The number of amides is 2. The Morgan fingerprint density at radius 3 is 2.39 bits per heavy atom. The Labute approximate surface area is 146 Å². The van der Waals surface area contributed by atoms with Crippen LogP contribution in [-0.4, -0.2) is 49.4 Å². The Kier molecular flexibility index (Phi) is 9.56. The Balaban J connectivity index is 0.00000264. The molecule has 2 fully saturated rings. The van der Waals surface area contributed by atoms with Crippen molar-refractivity contribution in [1.82, 2.24) is 15.5 Å². The van der Waals surface area contributed by atoms with Crippen LogP contribution >= 0.6 is 12.4 Å². The number of hydrogen-bond donors (Lipinski definition) is 2. The number of nitrogens with one attached hydrogen (secondary N) is 2. The van der Waals surface area contributed by atoms with Crippen molar-refractivity contribution in [1.29, 1.82) is 0 Å². The van der Waals surface area contributed by atoms with Gasteiger partial charge in [-0.05, 0) is 51.1 Å². The van der Waals surface area contributed by atoms with Gasteiger partial charge in [-0.1, -0.05) is 19.3 Å². The van der Waals surface area contributed by atoms with E-state index in [2.05, 4.69) is 10.6 Å². The van der Waals surface area contributed by atoms with E-state index in [0.29, 0.717) is 18.4 Å². The van der Waals surface area contributed by atoms with Crippen molar-refractivity contribution in [3.8, 4) is 0 Å². The van der Waals surface area contributed by atoms with Gasteiger partial charge in [0.05, 0.1) is 6.54 Å². The molecule has 23 heavy (non-hydrogen) atoms. The Morgan fingerprint density at radius 2 is 1.74 bits per heavy atom. The van der Waals surface area contributed by atoms with Crippen molar-refractivity contribution in [3.63, 3.8) is 0 Å². The molecule has 6 heteroatoms. The fraction of sp³-hybridized carbons (Fsp3) is 0.882. The first-order valence-electron chi connectivity index (χ1n) is 8.90. The van der Waals surface area contributed by atoms with Crippen LogP contribution < -0.4 is 10.6 Å². The maximum atomic E-state index is 12.2. The summed E-state index contributed by atoms with van der Waals surface area (Å²) in [5.74, 6) is 0.721. The zero-order valence-electron chi connectivity index (χ0n) is 14.3. The van der Waals surface area contributed by atoms with E-state index < -0.39 is 0 Å². The highest BCUT2D eigenvalue weighted by Gasteiger charge is 2.22. The summed E-state index contributed by atoms with van der Waals surface area (Å²) >= 11 is 0. The van der Waals surface area contributed by atoms with Gasteiger partial charge in [0.15, 0.2) is 0 Å². The average Bonchev–Trinajstić information content (AvgIpc) is 2.58. The topological polar surface area (TPSA) is 61.4 Å². The molecule has 134 valence electrons. The molecule has 0 aromatic rings. The summed E-state index contributed by atoms with van der Waals surface area (Å²) in [4.78, 5) is 25.9. The molecule has 2 aliphatic rings. The molecule has 0 atom stereocenters. The molecule has 2 rings (SSSR count). The molecule has 5 nitrogen and oxygen atoms in total. The van der Waals surface area contributed by atoms with Crippen LogP contribution in [0, 0.1) is 5.92 Å². The van der Waals surface area contributed by atoms with Gasteiger partial charge >= 0.3 is 0 Å². The number of rotatable bonds is 6. The lowest BCUT2D eigenvalue weighted by Crippen LogP contribution is -2.44. The fourth-order valence-electron chi connectivity index (χ4n) is 3.56. The standard InChI is InChI=1S/C17H31N3O2.ClH/c1-20(15-5-3-2-4-6-15)17(22)13-19-16(21)8-7-14-9-11-18-12-10-14;/h14-15,18H,2-13H2,1H3,(H,19,21);1H. The molecule has 2 N–H and O–H groups in total. The second-order valence-electron chi connectivity index (χ2n) is 6.81. The van der Waals surface area contributed by atoms with E-state index in [1.165, 1.54) is 19.3 Å². The Morgan fingerprint density at radius 1 is 1.09 bits per heavy atom. The minimum atomic E-state index is 0. The van der Waals surface area contributed by atoms with Gasteiger partial charge in [-0.3, -0.25) is 9.59 Å². The van der Waals surface area contributed by atoms with Gasteiger partial charge in [0, 0.05) is 19.5 Å². The molecular weight excluding hydrogens is 314 g/mol. The van der Waals surface area contributed by atoms with Gasteiger partial charge in [-0.25, -0.2) is 0 Å². The van der Waals surface area contributed by atoms with Crippen LogP contribution in [0.5, 0.6) is 0 Å². The Hall–Kier alpha value is -0.810. The number of nitrogens with zero attached hydrogens (tertiary/aromatic N) is 1. The summed E-state index contributed by atoms with van der Waals surface area (Å²) in [5.41, 5.74) is 0. The van der Waals surface area contributed by atoms with Crippen LogP contribution in [0.1, 0.15) is 57.8 Å². The molecule has 1 saturated carbocycles. The zero-order chi connectivity index (χ0) is 15.8. The molecule has 0 aromatic carbocycles. The van der Waals surface area contributed by atoms with Gasteiger partial charge < -0.3 is 15.5 Å². The molecule has 1 aliphatic carbocycles. The molecular formula is C17H32ClN3O2. The molecule has 1 heterocycles. The molecule has 0 radical (unpaired) electrons. The normalized spacial score (nSPS) is 19.7. The van der Waals surface area contributed by atoms with Crippen molar-refractivity contribution in [3.05, 3.63) is 0 Å². The van der Waals surface area contributed by atoms with E-state index in [0.717, 1.165) is 45.2 Å². The third kappa shape index (κ3) is 7.08. The summed E-state index contributed by atoms with van der Waals surface area (Å²) in [6.07, 6.45) is 9.73. The number of carbonyl (C=O) groups excluding carboxylic acids is 2. The molecule has 0 unspecified atom stereocenters. The lowest BCUT2D eigenvalue weighted by molar-refractivity contribution is -0.134. The van der Waals surface area contributed by atoms with E-state index in [4.69, 9.17) is 0 Å². The molecule has 0 bridgehead atoms. The van der Waals surface area contributed by atoms with Gasteiger partial charge in [0.1, 0.15) is 0 Å². The van der Waals surface area contributed by atoms with Crippen LogP contribution in [0.4, 0.5) is 0 Å². The van der Waals surface area contributed by atoms with Crippen molar-refractivity contribution in [2.75, 3.05) is 26.7 Å². The van der Waals surface area contributed by atoms with Crippen LogP contribution in [-0.2, 0) is 9.59 Å². The fourth-order valence-corrected chi connectivity index (χ4v) is 3.56. The monoisotopic (exact) mass is 345 g/mol. The summed E-state index contributed by atoms with van der Waals surface area (Å²) in [6.45, 7) is 2.28. The second kappa shape index (κ2) is 10.9. The van der Waals surface area contributed by atoms with E-state index in [9.17, 15) is 9.59 Å². The molecule has 0 aromatic heterocycles. The lowest BCUT2D eigenvalue weighted by atomic mass is 9.93. The third-order valence-electron chi connectivity index (χ3n) is 5.19. The number of likely N-dealkylation sites (N-methyl/N-ethyl adjacent to an activating group) is 1. The predicted octanol–water partition coefficient (Wildman–Crippen LogP) is 2.10. The van der Waals surface area contributed by atoms with Crippen LogP contribution in [0.25, 0.3) is 0 Å². The van der Waals surface area contributed by atoms with Gasteiger partial charge in [-0.2, -0.15) is 0 Å². The molecule has 0 spiro atoms. The van der Waals surface area contributed by atoms with Gasteiger partial charge in [0.2, 0.25) is 11.8 Å². The maximum absolute atomic E-state index is 12.2. The highest BCUT2D eigenvalue weighted by Crippen LogP contribution is 2.21. The molecule has 1 aliphatic heterocycles. The third-order valence-corrected chi connectivity index (χ3v) is 5.19. The summed E-state index contributed by atoms with van der Waals surface area (Å²) in [5, 5.41) is 6.13. The van der Waals surface area contributed by atoms with Crippen molar-refractivity contribution >= 4 is 24.2 Å². The number of piperidine rings is 1. The lowest BCUT2D eigenvalue weighted by Gasteiger charge is -2.31. The maximum Gasteiger partial charge on any atom is 0.241 e. The number of hydrogen-bond acceptors (Lipinski definition) is 3. The summed E-state index contributed by atoms with van der Waals surface area (Å²) in [6, 6.07) is 0.368. The predicted molar refractivity (Wildman–Crippen MR) is 94.7 cm³/mol. The van der Waals surface area contributed by atoms with Crippen molar-refractivity contribution in [2.45, 2.75) is 63.8 Å². The van der Waals surface area contributed by atoms with E-state index in [-0.39, 0.29) is 30.8 Å². The largest absolute Gasteiger partial charge is 0.347 e. The van der Waals surface area contributed by atoms with Crippen LogP contribution in [0.3, 0.4) is 0 Å². The van der Waals surface area contributed by atoms with Gasteiger partial charge in [-0.15, -0.1) is 12.4 Å². The first-order chi connectivity index (χ1) is 10.7. The number of carbonyl (C=O) groups is 2.